The molecule has 1 unspecified atom stereocenters. The molecule has 0 saturated carbocycles. The minimum Gasteiger partial charge on any atom is -0.365 e. The Labute approximate surface area is 199 Å². The highest BCUT2D eigenvalue weighted by atomic mass is 32.2. The van der Waals surface area contributed by atoms with E-state index in [2.05, 4.69) is 41.7 Å². The second kappa shape index (κ2) is 9.36. The Morgan fingerprint density at radius 3 is 2.78 bits per heavy atom. The standard InChI is InChI=1S/C22H27N5O2S3/c1-5-27-20(15-9-30-13(4)12(15)3)25-26-22(27)31-10-17(28)24-21-18(19(23)29)14-7-6-11(2)8-16(14)32-21/h9,11H,5-8,10H2,1-4H3,(H2,23,29)(H,24,28). The van der Waals surface area contributed by atoms with Crippen LogP contribution in [0.15, 0.2) is 10.5 Å². The van der Waals surface area contributed by atoms with Gasteiger partial charge in [-0.15, -0.1) is 32.9 Å². The SMILES string of the molecule is CCn1c(SCC(=O)Nc2sc3c(c2C(N)=O)CCC(C)C3)nnc1-c1csc(C)c1C. The third kappa shape index (κ3) is 4.35. The lowest BCUT2D eigenvalue weighted by molar-refractivity contribution is -0.113. The number of aryl methyl sites for hydroxylation is 1. The summed E-state index contributed by atoms with van der Waals surface area (Å²) in [6.45, 7) is 9.15. The number of primary amides is 1. The van der Waals surface area contributed by atoms with Crippen LogP contribution in [0.1, 0.15) is 51.5 Å². The molecule has 10 heteroatoms. The summed E-state index contributed by atoms with van der Waals surface area (Å²) in [6, 6.07) is 0. The summed E-state index contributed by atoms with van der Waals surface area (Å²) in [5, 5.41) is 15.0. The molecule has 1 aliphatic carbocycles. The fourth-order valence-electron chi connectivity index (χ4n) is 4.01. The van der Waals surface area contributed by atoms with Crippen LogP contribution in [0.5, 0.6) is 0 Å². The number of aromatic nitrogens is 3. The monoisotopic (exact) mass is 489 g/mol. The van der Waals surface area contributed by atoms with Gasteiger partial charge in [0, 0.05) is 27.2 Å². The number of carbonyl (C=O) groups is 2. The lowest BCUT2D eigenvalue weighted by atomic mass is 9.88. The molecule has 0 saturated heterocycles. The van der Waals surface area contributed by atoms with E-state index in [0.717, 1.165) is 41.1 Å². The quantitative estimate of drug-likeness (QED) is 0.470. The molecule has 7 nitrogen and oxygen atoms in total. The number of nitrogens with zero attached hydrogens (tertiary/aromatic N) is 3. The first-order valence-corrected chi connectivity index (χ1v) is 13.3. The van der Waals surface area contributed by atoms with Gasteiger partial charge >= 0.3 is 0 Å². The number of thioether (sulfide) groups is 1. The Kier molecular flexibility index (Phi) is 6.73. The molecule has 1 aliphatic rings. The fraction of sp³-hybridized carbons (Fsp3) is 0.455. The number of carbonyl (C=O) groups excluding carboxylic acids is 2. The highest BCUT2D eigenvalue weighted by Crippen LogP contribution is 2.39. The highest BCUT2D eigenvalue weighted by Gasteiger charge is 2.27. The van der Waals surface area contributed by atoms with Gasteiger partial charge in [-0.05, 0) is 57.1 Å². The Bertz CT molecular complexity index is 1180. The first kappa shape index (κ1) is 23.0. The number of thiophene rings is 2. The molecule has 0 radical (unpaired) electrons. The number of nitrogens with two attached hydrogens (primary N) is 1. The number of rotatable bonds is 7. The largest absolute Gasteiger partial charge is 0.365 e. The lowest BCUT2D eigenvalue weighted by Gasteiger charge is -2.18. The van der Waals surface area contributed by atoms with Crippen molar-refractivity contribution in [2.75, 3.05) is 11.1 Å². The van der Waals surface area contributed by atoms with Crippen LogP contribution in [0.25, 0.3) is 11.4 Å². The molecule has 3 heterocycles. The van der Waals surface area contributed by atoms with Crippen LogP contribution >= 0.6 is 34.4 Å². The maximum absolute atomic E-state index is 12.7. The molecule has 3 aromatic heterocycles. The third-order valence-electron chi connectivity index (χ3n) is 5.90. The van der Waals surface area contributed by atoms with E-state index in [0.29, 0.717) is 28.2 Å². The Balaban J connectivity index is 1.49. The van der Waals surface area contributed by atoms with E-state index in [4.69, 9.17) is 5.73 Å². The van der Waals surface area contributed by atoms with Crippen LogP contribution in [-0.4, -0.2) is 32.3 Å². The van der Waals surface area contributed by atoms with Gasteiger partial charge in [-0.2, -0.15) is 0 Å². The number of anilines is 1. The predicted octanol–water partition coefficient (Wildman–Crippen LogP) is 4.66. The molecule has 0 fully saturated rings. The normalized spacial score (nSPS) is 15.6. The fourth-order valence-corrected chi connectivity index (χ4v) is 7.10. The molecular formula is C22H27N5O2S3. The summed E-state index contributed by atoms with van der Waals surface area (Å²) in [5.74, 6) is 0.923. The Morgan fingerprint density at radius 2 is 2.12 bits per heavy atom. The van der Waals surface area contributed by atoms with Crippen molar-refractivity contribution < 1.29 is 9.59 Å². The van der Waals surface area contributed by atoms with Crippen molar-refractivity contribution in [2.45, 2.75) is 58.7 Å². The number of nitrogens with one attached hydrogen (secondary N) is 1. The van der Waals surface area contributed by atoms with Crippen molar-refractivity contribution in [3.8, 4) is 11.4 Å². The van der Waals surface area contributed by atoms with E-state index in [1.54, 1.807) is 11.3 Å². The summed E-state index contributed by atoms with van der Waals surface area (Å²) < 4.78 is 2.03. The molecule has 3 aromatic rings. The number of hydrogen-bond donors (Lipinski definition) is 2. The molecule has 4 rings (SSSR count). The molecule has 32 heavy (non-hydrogen) atoms. The van der Waals surface area contributed by atoms with E-state index in [9.17, 15) is 9.59 Å². The van der Waals surface area contributed by atoms with Crippen LogP contribution in [-0.2, 0) is 24.2 Å². The van der Waals surface area contributed by atoms with Crippen molar-refractivity contribution in [1.29, 1.82) is 0 Å². The Hall–Kier alpha value is -2.17. The van der Waals surface area contributed by atoms with Crippen LogP contribution in [0.2, 0.25) is 0 Å². The van der Waals surface area contributed by atoms with Crippen molar-refractivity contribution in [3.05, 3.63) is 31.8 Å². The van der Waals surface area contributed by atoms with E-state index in [1.807, 2.05) is 11.5 Å². The zero-order valence-corrected chi connectivity index (χ0v) is 21.1. The number of hydrogen-bond acceptors (Lipinski definition) is 7. The third-order valence-corrected chi connectivity index (χ3v) is 9.05. The van der Waals surface area contributed by atoms with Gasteiger partial charge in [0.2, 0.25) is 5.91 Å². The molecule has 2 amide bonds. The molecule has 0 aromatic carbocycles. The van der Waals surface area contributed by atoms with Crippen LogP contribution in [0, 0.1) is 19.8 Å². The maximum atomic E-state index is 12.7. The van der Waals surface area contributed by atoms with E-state index in [-0.39, 0.29) is 11.7 Å². The van der Waals surface area contributed by atoms with E-state index in [1.165, 1.54) is 33.5 Å². The van der Waals surface area contributed by atoms with Gasteiger partial charge in [0.25, 0.3) is 5.91 Å². The summed E-state index contributed by atoms with van der Waals surface area (Å²) in [6.07, 6.45) is 2.79. The van der Waals surface area contributed by atoms with Gasteiger partial charge in [-0.25, -0.2) is 0 Å². The summed E-state index contributed by atoms with van der Waals surface area (Å²) >= 11 is 4.53. The minimum absolute atomic E-state index is 0.178. The van der Waals surface area contributed by atoms with Gasteiger partial charge in [0.05, 0.1) is 11.3 Å². The zero-order chi connectivity index (χ0) is 23.0. The lowest BCUT2D eigenvalue weighted by Crippen LogP contribution is -2.20. The number of fused-ring (bicyclic) bond motifs is 1. The van der Waals surface area contributed by atoms with Crippen molar-refractivity contribution >= 4 is 51.3 Å². The zero-order valence-electron chi connectivity index (χ0n) is 18.7. The second-order valence-corrected chi connectivity index (χ2v) is 11.3. The van der Waals surface area contributed by atoms with E-state index >= 15 is 0 Å². The average Bonchev–Trinajstić information content (AvgIpc) is 3.41. The molecule has 0 bridgehead atoms. The van der Waals surface area contributed by atoms with Crippen molar-refractivity contribution in [1.82, 2.24) is 14.8 Å². The van der Waals surface area contributed by atoms with Crippen molar-refractivity contribution in [3.63, 3.8) is 0 Å². The molecule has 3 N–H and O–H groups in total. The predicted molar refractivity (Wildman–Crippen MR) is 132 cm³/mol. The molecule has 170 valence electrons. The molecule has 1 atom stereocenters. The van der Waals surface area contributed by atoms with Crippen LogP contribution in [0.3, 0.4) is 0 Å². The summed E-state index contributed by atoms with van der Waals surface area (Å²) in [4.78, 5) is 27.3. The average molecular weight is 490 g/mol. The van der Waals surface area contributed by atoms with Gasteiger partial charge in [0.1, 0.15) is 5.00 Å². The minimum atomic E-state index is -0.475. The van der Waals surface area contributed by atoms with Gasteiger partial charge in [-0.3, -0.25) is 9.59 Å². The molecule has 0 spiro atoms. The van der Waals surface area contributed by atoms with Crippen LogP contribution in [0.4, 0.5) is 5.00 Å². The van der Waals surface area contributed by atoms with E-state index < -0.39 is 5.91 Å². The molecular weight excluding hydrogens is 462 g/mol. The second-order valence-electron chi connectivity index (χ2n) is 8.14. The first-order valence-electron chi connectivity index (χ1n) is 10.6. The van der Waals surface area contributed by atoms with Gasteiger partial charge in [-0.1, -0.05) is 18.7 Å². The maximum Gasteiger partial charge on any atom is 0.251 e. The number of amides is 2. The van der Waals surface area contributed by atoms with Crippen LogP contribution < -0.4 is 11.1 Å². The smallest absolute Gasteiger partial charge is 0.251 e. The van der Waals surface area contributed by atoms with Gasteiger partial charge in [0.15, 0.2) is 11.0 Å². The highest BCUT2D eigenvalue weighted by molar-refractivity contribution is 7.99. The topological polar surface area (TPSA) is 103 Å². The molecule has 0 aliphatic heterocycles. The summed E-state index contributed by atoms with van der Waals surface area (Å²) in [7, 11) is 0. The first-order chi connectivity index (χ1) is 15.3. The Morgan fingerprint density at radius 1 is 1.34 bits per heavy atom. The van der Waals surface area contributed by atoms with Crippen molar-refractivity contribution in [2.24, 2.45) is 11.7 Å². The summed E-state index contributed by atoms with van der Waals surface area (Å²) in [5.41, 5.74) is 9.45. The van der Waals surface area contributed by atoms with Gasteiger partial charge < -0.3 is 15.6 Å².